The van der Waals surface area contributed by atoms with Crippen molar-refractivity contribution in [3.63, 3.8) is 0 Å². The monoisotopic (exact) mass is 497 g/mol. The first-order valence-electron chi connectivity index (χ1n) is 13.0. The molecule has 0 aromatic heterocycles. The van der Waals surface area contributed by atoms with Gasteiger partial charge in [-0.15, -0.1) is 0 Å². The Bertz CT molecular complexity index is 1330. The molecule has 2 aliphatic heterocycles. The van der Waals surface area contributed by atoms with Crippen molar-refractivity contribution >= 4 is 17.2 Å². The molecule has 3 atom stereocenters. The highest BCUT2D eigenvalue weighted by Gasteiger charge is 2.31. The van der Waals surface area contributed by atoms with E-state index in [4.69, 9.17) is 9.47 Å². The van der Waals surface area contributed by atoms with E-state index in [-0.39, 0.29) is 11.5 Å². The highest BCUT2D eigenvalue weighted by atomic mass is 16.5. The smallest absolute Gasteiger partial charge is 0.150 e. The van der Waals surface area contributed by atoms with Gasteiger partial charge in [0.2, 0.25) is 0 Å². The van der Waals surface area contributed by atoms with Crippen molar-refractivity contribution in [2.75, 3.05) is 19.7 Å². The first-order valence-corrected chi connectivity index (χ1v) is 13.0. The van der Waals surface area contributed by atoms with E-state index < -0.39 is 6.10 Å². The molecule has 0 saturated carbocycles. The van der Waals surface area contributed by atoms with Crippen LogP contribution in [0.1, 0.15) is 55.5 Å². The molecule has 192 valence electrons. The topological polar surface area (TPSA) is 62.2 Å². The van der Waals surface area contributed by atoms with Crippen LogP contribution in [0.5, 0.6) is 23.0 Å². The maximum Gasteiger partial charge on any atom is 0.150 e. The number of aromatic hydroxyl groups is 2. The fourth-order valence-electron chi connectivity index (χ4n) is 5.42. The summed E-state index contributed by atoms with van der Waals surface area (Å²) in [5.41, 5.74) is 5.30. The van der Waals surface area contributed by atoms with Crippen LogP contribution in [0.25, 0.3) is 17.2 Å². The minimum absolute atomic E-state index is 0.157. The van der Waals surface area contributed by atoms with Crippen LogP contribution in [-0.2, 0) is 0 Å². The average Bonchev–Trinajstić information content (AvgIpc) is 3.33. The molecule has 3 aromatic rings. The minimum Gasteiger partial charge on any atom is -0.508 e. The van der Waals surface area contributed by atoms with E-state index in [1.165, 1.54) is 6.42 Å². The second kappa shape index (κ2) is 10.3. The van der Waals surface area contributed by atoms with Crippen molar-refractivity contribution in [1.82, 2.24) is 4.90 Å². The molecule has 3 aromatic carbocycles. The lowest BCUT2D eigenvalue weighted by Crippen LogP contribution is -2.35. The van der Waals surface area contributed by atoms with Crippen molar-refractivity contribution in [1.29, 1.82) is 0 Å². The molecule has 0 spiro atoms. The molecule has 2 aliphatic rings. The number of fused-ring (bicyclic) bond motifs is 1. The molecule has 1 fully saturated rings. The second-order valence-electron chi connectivity index (χ2n) is 10.3. The molecule has 0 radical (unpaired) electrons. The Hall–Kier alpha value is -3.70. The number of hydrogen-bond acceptors (Lipinski definition) is 5. The van der Waals surface area contributed by atoms with Crippen molar-refractivity contribution < 1.29 is 19.7 Å². The first kappa shape index (κ1) is 25.0. The van der Waals surface area contributed by atoms with E-state index in [0.717, 1.165) is 58.2 Å². The van der Waals surface area contributed by atoms with Gasteiger partial charge < -0.3 is 19.7 Å². The number of allylic oxidation sites excluding steroid dienone is 1. The lowest BCUT2D eigenvalue weighted by Gasteiger charge is -2.32. The van der Waals surface area contributed by atoms with E-state index in [1.54, 1.807) is 30.3 Å². The van der Waals surface area contributed by atoms with Crippen LogP contribution in [0.15, 0.2) is 67.2 Å². The zero-order valence-corrected chi connectivity index (χ0v) is 21.8. The van der Waals surface area contributed by atoms with Crippen LogP contribution >= 0.6 is 0 Å². The van der Waals surface area contributed by atoms with Gasteiger partial charge >= 0.3 is 0 Å². The van der Waals surface area contributed by atoms with E-state index in [9.17, 15) is 10.2 Å². The predicted octanol–water partition coefficient (Wildman–Crippen LogP) is 6.91. The molecule has 2 N–H and O–H groups in total. The van der Waals surface area contributed by atoms with E-state index in [1.807, 2.05) is 43.3 Å². The molecule has 1 saturated heterocycles. The van der Waals surface area contributed by atoms with Gasteiger partial charge in [0.05, 0.1) is 0 Å². The minimum atomic E-state index is -0.406. The fourth-order valence-corrected chi connectivity index (χ4v) is 5.42. The molecular formula is C32H35NO4. The van der Waals surface area contributed by atoms with Gasteiger partial charge in [0, 0.05) is 29.3 Å². The predicted molar refractivity (Wildman–Crippen MR) is 149 cm³/mol. The van der Waals surface area contributed by atoms with Gasteiger partial charge in [-0.25, -0.2) is 0 Å². The van der Waals surface area contributed by atoms with Crippen LogP contribution in [0.2, 0.25) is 0 Å². The Morgan fingerprint density at radius 3 is 2.57 bits per heavy atom. The van der Waals surface area contributed by atoms with Crippen LogP contribution in [0.3, 0.4) is 0 Å². The Balaban J connectivity index is 1.45. The summed E-state index contributed by atoms with van der Waals surface area (Å²) in [7, 11) is 0. The van der Waals surface area contributed by atoms with Gasteiger partial charge in [-0.3, -0.25) is 4.90 Å². The van der Waals surface area contributed by atoms with Gasteiger partial charge in [-0.2, -0.15) is 0 Å². The van der Waals surface area contributed by atoms with E-state index in [0.29, 0.717) is 18.4 Å². The fraction of sp³-hybridized carbons (Fsp3) is 0.312. The number of likely N-dealkylation sites (tertiary alicyclic amines) is 1. The highest BCUT2D eigenvalue weighted by molar-refractivity contribution is 5.97. The summed E-state index contributed by atoms with van der Waals surface area (Å²) in [4.78, 5) is 2.50. The molecule has 2 heterocycles. The summed E-state index contributed by atoms with van der Waals surface area (Å²) < 4.78 is 12.8. The van der Waals surface area contributed by atoms with E-state index >= 15 is 0 Å². The number of ether oxygens (including phenoxy) is 2. The molecule has 0 aliphatic carbocycles. The largest absolute Gasteiger partial charge is 0.508 e. The number of nitrogens with zero attached hydrogens (tertiary/aromatic N) is 1. The summed E-state index contributed by atoms with van der Waals surface area (Å²) in [5, 5.41) is 20.5. The summed E-state index contributed by atoms with van der Waals surface area (Å²) in [6.07, 6.45) is 2.55. The third-order valence-electron chi connectivity index (χ3n) is 7.54. The molecule has 37 heavy (non-hydrogen) atoms. The lowest BCUT2D eigenvalue weighted by atomic mass is 9.85. The SMILES string of the molecule is C=Cc1cc(O)cc2c1OC(c1ccc(OC[C@H](C)N3CC[C@@H](C)C3)cc1)C(c1cccc(O)c1)=C2C. The lowest BCUT2D eigenvalue weighted by molar-refractivity contribution is 0.169. The van der Waals surface area contributed by atoms with Crippen molar-refractivity contribution in [3.8, 4) is 23.0 Å². The Kier molecular flexibility index (Phi) is 6.98. The molecule has 0 amide bonds. The molecule has 5 rings (SSSR count). The van der Waals surface area contributed by atoms with Gasteiger partial charge in [0.1, 0.15) is 35.7 Å². The summed E-state index contributed by atoms with van der Waals surface area (Å²) in [6, 6.07) is 19.0. The molecule has 5 nitrogen and oxygen atoms in total. The van der Waals surface area contributed by atoms with E-state index in [2.05, 4.69) is 25.3 Å². The van der Waals surface area contributed by atoms with Gasteiger partial charge in [0.25, 0.3) is 0 Å². The summed E-state index contributed by atoms with van der Waals surface area (Å²) in [6.45, 7) is 13.4. The zero-order valence-electron chi connectivity index (χ0n) is 21.8. The Morgan fingerprint density at radius 2 is 1.89 bits per heavy atom. The number of phenolic OH excluding ortho intramolecular Hbond substituents is 2. The maximum atomic E-state index is 10.3. The van der Waals surface area contributed by atoms with Crippen molar-refractivity contribution in [2.24, 2.45) is 5.92 Å². The van der Waals surface area contributed by atoms with Gasteiger partial charge in [-0.05, 0) is 85.8 Å². The normalized spacial score (nSPS) is 20.3. The zero-order chi connectivity index (χ0) is 26.1. The molecule has 0 bridgehead atoms. The molecule has 5 heteroatoms. The molecule has 1 unspecified atom stereocenters. The third kappa shape index (κ3) is 5.09. The third-order valence-corrected chi connectivity index (χ3v) is 7.54. The quantitative estimate of drug-likeness (QED) is 0.371. The van der Waals surface area contributed by atoms with Gasteiger partial charge in [-0.1, -0.05) is 43.8 Å². The van der Waals surface area contributed by atoms with Gasteiger partial charge in [0.15, 0.2) is 0 Å². The number of phenols is 2. The van der Waals surface area contributed by atoms with Crippen LogP contribution < -0.4 is 9.47 Å². The van der Waals surface area contributed by atoms with Crippen molar-refractivity contribution in [2.45, 2.75) is 39.3 Å². The summed E-state index contributed by atoms with van der Waals surface area (Å²) in [5.74, 6) is 2.62. The first-order chi connectivity index (χ1) is 17.8. The number of benzene rings is 3. The maximum absolute atomic E-state index is 10.3. The number of rotatable bonds is 7. The number of hydrogen-bond donors (Lipinski definition) is 2. The van der Waals surface area contributed by atoms with Crippen molar-refractivity contribution in [3.05, 3.63) is 89.5 Å². The molecular weight excluding hydrogens is 462 g/mol. The second-order valence-corrected chi connectivity index (χ2v) is 10.3. The highest BCUT2D eigenvalue weighted by Crippen LogP contribution is 2.49. The average molecular weight is 498 g/mol. The van der Waals surface area contributed by atoms with Crippen LogP contribution in [0, 0.1) is 5.92 Å². The standard InChI is InChI=1S/C32H35NO4/c1-5-23-15-27(35)17-29-22(4)30(25-7-6-8-26(34)16-25)32(37-31(23)29)24-9-11-28(12-10-24)36-19-21(3)33-14-13-20(2)18-33/h5-12,15-17,20-21,32,34-35H,1,13-14,18-19H2,2-4H3/t20-,21+,32?/m1/s1. The summed E-state index contributed by atoms with van der Waals surface area (Å²) >= 11 is 0. The Labute approximate surface area is 219 Å². The Morgan fingerprint density at radius 1 is 1.11 bits per heavy atom. The van der Waals surface area contributed by atoms with Crippen LogP contribution in [0.4, 0.5) is 0 Å². The van der Waals surface area contributed by atoms with Crippen LogP contribution in [-0.4, -0.2) is 40.9 Å².